The van der Waals surface area contributed by atoms with Gasteiger partial charge in [0.15, 0.2) is 0 Å². The van der Waals surface area contributed by atoms with Gasteiger partial charge in [-0.25, -0.2) is 9.78 Å². The Balaban J connectivity index is 1.54. The summed E-state index contributed by atoms with van der Waals surface area (Å²) in [6, 6.07) is 3.37. The lowest BCUT2D eigenvalue weighted by atomic mass is 9.84. The summed E-state index contributed by atoms with van der Waals surface area (Å²) in [6.07, 6.45) is 6.67. The Hall–Kier alpha value is -2.15. The zero-order valence-corrected chi connectivity index (χ0v) is 15.8. The topological polar surface area (TPSA) is 72.0 Å². The van der Waals surface area contributed by atoms with Crippen molar-refractivity contribution in [2.45, 2.75) is 44.2 Å². The Morgan fingerprint density at radius 2 is 1.96 bits per heavy atom. The molecule has 146 valence electrons. The number of anilines is 1. The first kappa shape index (κ1) is 18.2. The average molecular weight is 373 g/mol. The number of likely N-dealkylation sites (tertiary alicyclic amines) is 1. The molecule has 7 nitrogen and oxygen atoms in total. The molecule has 3 aliphatic rings. The zero-order chi connectivity index (χ0) is 18.8. The summed E-state index contributed by atoms with van der Waals surface area (Å²) in [6.45, 7) is 3.00. The molecule has 2 saturated heterocycles. The standard InChI is InChI=1S/C20H27N3O4/c1-26-20(25)17-12-14-4-2-3-5-16(14)23(17)19(24)15-6-7-18(21-13-15)22-8-10-27-11-9-22/h6-7,13-14,16-17H,2-5,8-12H2,1H3/t14-,16+,17-/m0/s1. The molecule has 1 aliphatic carbocycles. The fraction of sp³-hybridized carbons (Fsp3) is 0.650. The molecule has 4 rings (SSSR count). The molecule has 0 radical (unpaired) electrons. The quantitative estimate of drug-likeness (QED) is 0.753. The summed E-state index contributed by atoms with van der Waals surface area (Å²) in [5.74, 6) is 0.834. The first-order valence-electron chi connectivity index (χ1n) is 9.88. The summed E-state index contributed by atoms with van der Waals surface area (Å²) in [4.78, 5) is 34.0. The van der Waals surface area contributed by atoms with Crippen LogP contribution < -0.4 is 4.90 Å². The van der Waals surface area contributed by atoms with Crippen LogP contribution >= 0.6 is 0 Å². The van der Waals surface area contributed by atoms with Crippen LogP contribution in [0.1, 0.15) is 42.5 Å². The van der Waals surface area contributed by atoms with Gasteiger partial charge in [0.1, 0.15) is 11.9 Å². The third-order valence-corrected chi connectivity index (χ3v) is 6.13. The Morgan fingerprint density at radius 1 is 1.19 bits per heavy atom. The van der Waals surface area contributed by atoms with E-state index in [9.17, 15) is 9.59 Å². The van der Waals surface area contributed by atoms with Gasteiger partial charge in [-0.15, -0.1) is 0 Å². The first-order valence-corrected chi connectivity index (χ1v) is 9.88. The van der Waals surface area contributed by atoms with Crippen LogP contribution in [0, 0.1) is 5.92 Å². The number of fused-ring (bicyclic) bond motifs is 1. The second-order valence-electron chi connectivity index (χ2n) is 7.60. The summed E-state index contributed by atoms with van der Waals surface area (Å²) in [7, 11) is 1.39. The van der Waals surface area contributed by atoms with E-state index in [2.05, 4.69) is 9.88 Å². The average Bonchev–Trinajstić information content (AvgIpc) is 3.13. The monoisotopic (exact) mass is 373 g/mol. The normalized spacial score (nSPS) is 28.0. The van der Waals surface area contributed by atoms with Crippen molar-refractivity contribution in [2.24, 2.45) is 5.92 Å². The molecule has 3 heterocycles. The lowest BCUT2D eigenvalue weighted by Gasteiger charge is -2.33. The van der Waals surface area contributed by atoms with Gasteiger partial charge in [0.25, 0.3) is 5.91 Å². The highest BCUT2D eigenvalue weighted by molar-refractivity contribution is 5.97. The smallest absolute Gasteiger partial charge is 0.328 e. The molecule has 1 aromatic heterocycles. The van der Waals surface area contributed by atoms with Crippen LogP contribution in [0.2, 0.25) is 0 Å². The van der Waals surface area contributed by atoms with Gasteiger partial charge in [0.2, 0.25) is 0 Å². The molecule has 0 aromatic carbocycles. The van der Waals surface area contributed by atoms with Gasteiger partial charge < -0.3 is 19.3 Å². The lowest BCUT2D eigenvalue weighted by molar-refractivity contribution is -0.145. The highest BCUT2D eigenvalue weighted by Crippen LogP contribution is 2.40. The summed E-state index contributed by atoms with van der Waals surface area (Å²) in [5, 5.41) is 0. The van der Waals surface area contributed by atoms with E-state index in [4.69, 9.17) is 9.47 Å². The van der Waals surface area contributed by atoms with Gasteiger partial charge in [-0.1, -0.05) is 12.8 Å². The molecule has 1 saturated carbocycles. The van der Waals surface area contributed by atoms with Crippen LogP contribution in [0.15, 0.2) is 18.3 Å². The van der Waals surface area contributed by atoms with Crippen LogP contribution in [0.3, 0.4) is 0 Å². The molecule has 1 amide bonds. The molecule has 0 spiro atoms. The van der Waals surface area contributed by atoms with E-state index in [1.165, 1.54) is 13.5 Å². The molecule has 27 heavy (non-hydrogen) atoms. The van der Waals surface area contributed by atoms with Crippen molar-refractivity contribution in [3.05, 3.63) is 23.9 Å². The van der Waals surface area contributed by atoms with Crippen LogP contribution in [0.5, 0.6) is 0 Å². The number of methoxy groups -OCH3 is 1. The van der Waals surface area contributed by atoms with Crippen LogP contribution in [0.25, 0.3) is 0 Å². The van der Waals surface area contributed by atoms with Gasteiger partial charge >= 0.3 is 5.97 Å². The second-order valence-corrected chi connectivity index (χ2v) is 7.60. The summed E-state index contributed by atoms with van der Waals surface area (Å²) in [5.41, 5.74) is 0.534. The number of esters is 1. The van der Waals surface area contributed by atoms with E-state index < -0.39 is 6.04 Å². The number of hydrogen-bond acceptors (Lipinski definition) is 6. The van der Waals surface area contributed by atoms with Gasteiger partial charge in [-0.3, -0.25) is 4.79 Å². The highest BCUT2D eigenvalue weighted by Gasteiger charge is 2.48. The Bertz CT molecular complexity index is 687. The molecule has 2 aliphatic heterocycles. The van der Waals surface area contributed by atoms with Gasteiger partial charge in [-0.05, 0) is 37.3 Å². The van der Waals surface area contributed by atoms with E-state index in [0.29, 0.717) is 31.1 Å². The Kier molecular flexibility index (Phi) is 5.29. The number of rotatable bonds is 3. The lowest BCUT2D eigenvalue weighted by Crippen LogP contribution is -2.46. The van der Waals surface area contributed by atoms with Crippen molar-refractivity contribution in [2.75, 3.05) is 38.3 Å². The zero-order valence-electron chi connectivity index (χ0n) is 15.8. The molecular formula is C20H27N3O4. The maximum Gasteiger partial charge on any atom is 0.328 e. The van der Waals surface area contributed by atoms with E-state index in [1.54, 1.807) is 11.1 Å². The van der Waals surface area contributed by atoms with Crippen molar-refractivity contribution in [1.82, 2.24) is 9.88 Å². The summed E-state index contributed by atoms with van der Waals surface area (Å²) < 4.78 is 10.4. The fourth-order valence-electron chi connectivity index (χ4n) is 4.74. The van der Waals surface area contributed by atoms with E-state index >= 15 is 0 Å². The number of pyridine rings is 1. The van der Waals surface area contributed by atoms with Crippen molar-refractivity contribution in [3.63, 3.8) is 0 Å². The minimum Gasteiger partial charge on any atom is -0.467 e. The van der Waals surface area contributed by atoms with Crippen molar-refractivity contribution in [3.8, 4) is 0 Å². The summed E-state index contributed by atoms with van der Waals surface area (Å²) >= 11 is 0. The van der Waals surface area contributed by atoms with E-state index in [-0.39, 0.29) is 17.9 Å². The number of carbonyl (C=O) groups is 2. The highest BCUT2D eigenvalue weighted by atomic mass is 16.5. The Morgan fingerprint density at radius 3 is 2.67 bits per heavy atom. The number of morpholine rings is 1. The molecule has 3 fully saturated rings. The molecule has 0 bridgehead atoms. The van der Waals surface area contributed by atoms with Crippen LogP contribution in [-0.2, 0) is 14.3 Å². The number of ether oxygens (including phenoxy) is 2. The predicted octanol–water partition coefficient (Wildman–Crippen LogP) is 1.86. The number of carbonyl (C=O) groups excluding carboxylic acids is 2. The molecule has 7 heteroatoms. The van der Waals surface area contributed by atoms with Gasteiger partial charge in [0.05, 0.1) is 25.9 Å². The fourth-order valence-corrected chi connectivity index (χ4v) is 4.74. The van der Waals surface area contributed by atoms with Crippen LogP contribution in [0.4, 0.5) is 5.82 Å². The Labute approximate surface area is 159 Å². The molecule has 3 atom stereocenters. The van der Waals surface area contributed by atoms with E-state index in [0.717, 1.165) is 38.2 Å². The maximum atomic E-state index is 13.3. The van der Waals surface area contributed by atoms with Crippen molar-refractivity contribution >= 4 is 17.7 Å². The minimum absolute atomic E-state index is 0.110. The first-order chi connectivity index (χ1) is 13.2. The molecule has 0 N–H and O–H groups in total. The number of aromatic nitrogens is 1. The van der Waals surface area contributed by atoms with Crippen molar-refractivity contribution < 1.29 is 19.1 Å². The van der Waals surface area contributed by atoms with Crippen molar-refractivity contribution in [1.29, 1.82) is 0 Å². The third kappa shape index (κ3) is 3.52. The molecule has 0 unspecified atom stereocenters. The number of nitrogens with zero attached hydrogens (tertiary/aromatic N) is 3. The molecule has 1 aromatic rings. The number of amides is 1. The van der Waals surface area contributed by atoms with Gasteiger partial charge in [-0.2, -0.15) is 0 Å². The SMILES string of the molecule is COC(=O)[C@@H]1C[C@@H]2CCCC[C@H]2N1C(=O)c1ccc(N2CCOCC2)nc1. The largest absolute Gasteiger partial charge is 0.467 e. The second kappa shape index (κ2) is 7.84. The third-order valence-electron chi connectivity index (χ3n) is 6.13. The van der Waals surface area contributed by atoms with Gasteiger partial charge in [0, 0.05) is 25.3 Å². The number of hydrogen-bond donors (Lipinski definition) is 0. The van der Waals surface area contributed by atoms with E-state index in [1.807, 2.05) is 12.1 Å². The van der Waals surface area contributed by atoms with Crippen LogP contribution in [-0.4, -0.2) is 67.3 Å². The minimum atomic E-state index is -0.477. The predicted molar refractivity (Wildman–Crippen MR) is 99.6 cm³/mol. The molecular weight excluding hydrogens is 346 g/mol. The maximum absolute atomic E-state index is 13.3.